The lowest BCUT2D eigenvalue weighted by atomic mass is 10.1. The smallest absolute Gasteiger partial charge is 0.255 e. The van der Waals surface area contributed by atoms with Gasteiger partial charge in [0.2, 0.25) is 0 Å². The van der Waals surface area contributed by atoms with Crippen molar-refractivity contribution in [1.29, 1.82) is 0 Å². The Kier molecular flexibility index (Phi) is 6.26. The van der Waals surface area contributed by atoms with Crippen molar-refractivity contribution in [3.63, 3.8) is 0 Å². The van der Waals surface area contributed by atoms with Crippen molar-refractivity contribution in [2.75, 3.05) is 31.6 Å². The van der Waals surface area contributed by atoms with Crippen LogP contribution in [0, 0.1) is 13.8 Å². The standard InChI is InChI=1S/C24H28N4O2/c1-18-13-19(2)28(26-18)17-20-5-3-7-22(14-20)24(29)25-23-8-4-6-21(15-23)16-27-9-11-30-12-10-27/h3-8,13-15H,9-12,16-17H2,1-2H3,(H,25,29). The zero-order valence-corrected chi connectivity index (χ0v) is 17.6. The van der Waals surface area contributed by atoms with Crippen LogP contribution in [0.3, 0.4) is 0 Å². The normalized spacial score (nSPS) is 14.6. The molecule has 0 saturated carbocycles. The highest BCUT2D eigenvalue weighted by molar-refractivity contribution is 6.04. The van der Waals surface area contributed by atoms with E-state index in [1.54, 1.807) is 0 Å². The number of nitrogens with zero attached hydrogens (tertiary/aromatic N) is 3. The molecule has 1 N–H and O–H groups in total. The van der Waals surface area contributed by atoms with Crippen LogP contribution in [-0.4, -0.2) is 46.9 Å². The maximum absolute atomic E-state index is 12.8. The molecule has 0 radical (unpaired) electrons. The Morgan fingerprint density at radius 3 is 2.47 bits per heavy atom. The molecule has 30 heavy (non-hydrogen) atoms. The van der Waals surface area contributed by atoms with E-state index in [9.17, 15) is 4.79 Å². The third kappa shape index (κ3) is 5.14. The van der Waals surface area contributed by atoms with Crippen LogP contribution >= 0.6 is 0 Å². The number of aryl methyl sites for hydroxylation is 2. The second-order valence-electron chi connectivity index (χ2n) is 7.83. The van der Waals surface area contributed by atoms with Crippen LogP contribution in [0.5, 0.6) is 0 Å². The topological polar surface area (TPSA) is 59.4 Å². The van der Waals surface area contributed by atoms with E-state index < -0.39 is 0 Å². The highest BCUT2D eigenvalue weighted by Crippen LogP contribution is 2.16. The van der Waals surface area contributed by atoms with Crippen LogP contribution < -0.4 is 5.32 Å². The summed E-state index contributed by atoms with van der Waals surface area (Å²) in [6.07, 6.45) is 0. The predicted octanol–water partition coefficient (Wildman–Crippen LogP) is 3.63. The molecular weight excluding hydrogens is 376 g/mol. The minimum Gasteiger partial charge on any atom is -0.379 e. The largest absolute Gasteiger partial charge is 0.379 e. The summed E-state index contributed by atoms with van der Waals surface area (Å²) in [5.41, 5.74) is 5.81. The number of carbonyl (C=O) groups excluding carboxylic acids is 1. The van der Waals surface area contributed by atoms with Gasteiger partial charge in [0.05, 0.1) is 25.5 Å². The van der Waals surface area contributed by atoms with Gasteiger partial charge in [-0.05, 0) is 55.3 Å². The maximum atomic E-state index is 12.8. The number of carbonyl (C=O) groups is 1. The summed E-state index contributed by atoms with van der Waals surface area (Å²) in [5.74, 6) is -0.103. The first-order chi connectivity index (χ1) is 14.6. The van der Waals surface area contributed by atoms with Crippen molar-refractivity contribution in [1.82, 2.24) is 14.7 Å². The molecule has 1 aromatic heterocycles. The van der Waals surface area contributed by atoms with Crippen molar-refractivity contribution < 1.29 is 9.53 Å². The van der Waals surface area contributed by atoms with Gasteiger partial charge in [-0.25, -0.2) is 0 Å². The van der Waals surface area contributed by atoms with Gasteiger partial charge in [0, 0.05) is 36.6 Å². The Labute approximate surface area is 177 Å². The molecule has 4 rings (SSSR count). The molecule has 1 fully saturated rings. The summed E-state index contributed by atoms with van der Waals surface area (Å²) in [7, 11) is 0. The van der Waals surface area contributed by atoms with E-state index in [0.717, 1.165) is 55.5 Å². The molecule has 0 atom stereocenters. The average Bonchev–Trinajstić information content (AvgIpc) is 3.06. The molecule has 3 aromatic rings. The van der Waals surface area contributed by atoms with Gasteiger partial charge in [-0.1, -0.05) is 24.3 Å². The quantitative estimate of drug-likeness (QED) is 0.682. The highest BCUT2D eigenvalue weighted by atomic mass is 16.5. The summed E-state index contributed by atoms with van der Waals surface area (Å²) < 4.78 is 7.37. The van der Waals surface area contributed by atoms with E-state index >= 15 is 0 Å². The molecule has 2 heterocycles. The van der Waals surface area contributed by atoms with Crippen LogP contribution in [0.4, 0.5) is 5.69 Å². The predicted molar refractivity (Wildman–Crippen MR) is 118 cm³/mol. The Hall–Kier alpha value is -2.96. The first-order valence-electron chi connectivity index (χ1n) is 10.4. The van der Waals surface area contributed by atoms with Gasteiger partial charge in [0.1, 0.15) is 0 Å². The third-order valence-corrected chi connectivity index (χ3v) is 5.32. The number of morpholine rings is 1. The monoisotopic (exact) mass is 404 g/mol. The summed E-state index contributed by atoms with van der Waals surface area (Å²) in [5, 5.41) is 7.55. The number of anilines is 1. The van der Waals surface area contributed by atoms with Crippen LogP contribution in [0.2, 0.25) is 0 Å². The molecule has 0 bridgehead atoms. The highest BCUT2D eigenvalue weighted by Gasteiger charge is 2.12. The Morgan fingerprint density at radius 1 is 1.00 bits per heavy atom. The number of aromatic nitrogens is 2. The summed E-state index contributed by atoms with van der Waals surface area (Å²) in [6.45, 7) is 8.99. The number of hydrogen-bond acceptors (Lipinski definition) is 4. The van der Waals surface area contributed by atoms with Gasteiger partial charge in [0.15, 0.2) is 0 Å². The van der Waals surface area contributed by atoms with Crippen LogP contribution in [0.25, 0.3) is 0 Å². The average molecular weight is 405 g/mol. The number of nitrogens with one attached hydrogen (secondary N) is 1. The van der Waals surface area contributed by atoms with Crippen molar-refractivity contribution >= 4 is 11.6 Å². The summed E-state index contributed by atoms with van der Waals surface area (Å²) in [4.78, 5) is 15.2. The second kappa shape index (κ2) is 9.24. The fourth-order valence-corrected chi connectivity index (χ4v) is 3.79. The Morgan fingerprint density at radius 2 is 1.73 bits per heavy atom. The van der Waals surface area contributed by atoms with Crippen molar-refractivity contribution in [3.05, 3.63) is 82.7 Å². The molecule has 0 aliphatic carbocycles. The molecule has 0 spiro atoms. The van der Waals surface area contributed by atoms with Crippen molar-refractivity contribution in [3.8, 4) is 0 Å². The first-order valence-corrected chi connectivity index (χ1v) is 10.4. The second-order valence-corrected chi connectivity index (χ2v) is 7.83. The van der Waals surface area contributed by atoms with Gasteiger partial charge in [0.25, 0.3) is 5.91 Å². The van der Waals surface area contributed by atoms with Gasteiger partial charge >= 0.3 is 0 Å². The number of rotatable bonds is 6. The number of hydrogen-bond donors (Lipinski definition) is 1. The third-order valence-electron chi connectivity index (χ3n) is 5.32. The zero-order valence-electron chi connectivity index (χ0n) is 17.6. The SMILES string of the molecule is Cc1cc(C)n(Cc2cccc(C(=O)Nc3cccc(CN4CCOCC4)c3)c2)n1. The first kappa shape index (κ1) is 20.3. The van der Waals surface area contributed by atoms with Gasteiger partial charge in [-0.15, -0.1) is 0 Å². The van der Waals surface area contributed by atoms with E-state index in [1.807, 2.05) is 61.0 Å². The van der Waals surface area contributed by atoms with E-state index in [-0.39, 0.29) is 5.91 Å². The lowest BCUT2D eigenvalue weighted by Gasteiger charge is -2.26. The zero-order chi connectivity index (χ0) is 20.9. The van der Waals surface area contributed by atoms with E-state index in [2.05, 4.69) is 27.4 Å². The number of ether oxygens (including phenoxy) is 1. The molecule has 1 saturated heterocycles. The lowest BCUT2D eigenvalue weighted by molar-refractivity contribution is 0.0342. The lowest BCUT2D eigenvalue weighted by Crippen LogP contribution is -2.35. The number of benzene rings is 2. The maximum Gasteiger partial charge on any atom is 0.255 e. The van der Waals surface area contributed by atoms with Gasteiger partial charge in [-0.3, -0.25) is 14.4 Å². The molecule has 156 valence electrons. The molecule has 1 aliphatic heterocycles. The van der Waals surface area contributed by atoms with E-state index in [4.69, 9.17) is 4.74 Å². The summed E-state index contributed by atoms with van der Waals surface area (Å²) >= 11 is 0. The van der Waals surface area contributed by atoms with Crippen LogP contribution in [0.1, 0.15) is 32.9 Å². The molecular formula is C24H28N4O2. The summed E-state index contributed by atoms with van der Waals surface area (Å²) in [6, 6.07) is 17.8. The fourth-order valence-electron chi connectivity index (χ4n) is 3.79. The molecule has 1 amide bonds. The van der Waals surface area contributed by atoms with Crippen LogP contribution in [0.15, 0.2) is 54.6 Å². The van der Waals surface area contributed by atoms with E-state index in [0.29, 0.717) is 12.1 Å². The number of amides is 1. The minimum absolute atomic E-state index is 0.103. The van der Waals surface area contributed by atoms with Crippen molar-refractivity contribution in [2.24, 2.45) is 0 Å². The van der Waals surface area contributed by atoms with Crippen molar-refractivity contribution in [2.45, 2.75) is 26.9 Å². The molecule has 1 aliphatic rings. The fraction of sp³-hybridized carbons (Fsp3) is 0.333. The van der Waals surface area contributed by atoms with Gasteiger partial charge in [-0.2, -0.15) is 5.10 Å². The molecule has 0 unspecified atom stereocenters. The Bertz CT molecular complexity index is 1020. The van der Waals surface area contributed by atoms with Gasteiger partial charge < -0.3 is 10.1 Å². The molecule has 6 heteroatoms. The van der Waals surface area contributed by atoms with Crippen LogP contribution in [-0.2, 0) is 17.8 Å². The molecule has 6 nitrogen and oxygen atoms in total. The van der Waals surface area contributed by atoms with E-state index in [1.165, 1.54) is 5.56 Å². The Balaban J connectivity index is 1.42. The molecule has 2 aromatic carbocycles. The minimum atomic E-state index is -0.103.